The van der Waals surface area contributed by atoms with Crippen molar-refractivity contribution in [3.63, 3.8) is 0 Å². The van der Waals surface area contributed by atoms with E-state index in [-0.39, 0.29) is 11.9 Å². The third-order valence-electron chi connectivity index (χ3n) is 5.62. The summed E-state index contributed by atoms with van der Waals surface area (Å²) < 4.78 is 5.79. The third kappa shape index (κ3) is 5.37. The van der Waals surface area contributed by atoms with Gasteiger partial charge in [-0.05, 0) is 49.8 Å². The van der Waals surface area contributed by atoms with Gasteiger partial charge in [-0.25, -0.2) is 15.0 Å². The Morgan fingerprint density at radius 3 is 2.97 bits per heavy atom. The van der Waals surface area contributed by atoms with E-state index < -0.39 is 0 Å². The summed E-state index contributed by atoms with van der Waals surface area (Å²) in [5, 5.41) is 16.9. The lowest BCUT2D eigenvalue weighted by molar-refractivity contribution is -0.125. The second-order valence-electron chi connectivity index (χ2n) is 8.18. The molecule has 0 saturated carbocycles. The quantitative estimate of drug-likeness (QED) is 0.325. The SMILES string of the molecule is C=CC(=O)N1CC[C@H](Nc2ccc3ncnc(Nc4ccc(OCc5nnc(C)s5)c(Cl)c4)c3n2)C1. The van der Waals surface area contributed by atoms with Gasteiger partial charge in [0.2, 0.25) is 5.91 Å². The van der Waals surface area contributed by atoms with Crippen molar-refractivity contribution in [3.05, 3.63) is 64.4 Å². The van der Waals surface area contributed by atoms with Crippen LogP contribution in [0.15, 0.2) is 49.3 Å². The summed E-state index contributed by atoms with van der Waals surface area (Å²) in [6.45, 7) is 7.05. The molecule has 0 spiro atoms. The first kappa shape index (κ1) is 23.9. The van der Waals surface area contributed by atoms with Crippen LogP contribution >= 0.6 is 22.9 Å². The maximum Gasteiger partial charge on any atom is 0.246 e. The molecule has 12 heteroatoms. The zero-order chi connectivity index (χ0) is 25.1. The summed E-state index contributed by atoms with van der Waals surface area (Å²) in [6, 6.07) is 9.28. The van der Waals surface area contributed by atoms with E-state index in [4.69, 9.17) is 21.3 Å². The summed E-state index contributed by atoms with van der Waals surface area (Å²) in [6.07, 6.45) is 3.66. The van der Waals surface area contributed by atoms with Crippen LogP contribution in [0.4, 0.5) is 17.3 Å². The lowest BCUT2D eigenvalue weighted by atomic mass is 10.2. The Morgan fingerprint density at radius 1 is 1.31 bits per heavy atom. The number of anilines is 3. The standard InChI is InChI=1S/C24H23ClN8O2S/c1-3-22(34)33-9-8-16(11-33)28-20-7-5-18-23(30-20)24(27-13-26-18)29-15-4-6-19(17(25)10-15)35-12-21-32-31-14(2)36-21/h3-7,10,13,16H,1,8-9,11-12H2,2H3,(H,28,30)(H,26,27,29)/t16-/m0/s1. The van der Waals surface area contributed by atoms with Crippen LogP contribution in [0.5, 0.6) is 5.75 Å². The highest BCUT2D eigenvalue weighted by atomic mass is 35.5. The van der Waals surface area contributed by atoms with Gasteiger partial charge in [0.15, 0.2) is 10.8 Å². The fraction of sp³-hybridized carbons (Fsp3) is 0.250. The highest BCUT2D eigenvalue weighted by Gasteiger charge is 2.25. The number of carbonyl (C=O) groups is 1. The van der Waals surface area contributed by atoms with Crippen molar-refractivity contribution in [1.82, 2.24) is 30.0 Å². The molecule has 1 saturated heterocycles. The van der Waals surface area contributed by atoms with E-state index in [1.54, 1.807) is 17.0 Å². The zero-order valence-electron chi connectivity index (χ0n) is 19.4. The average Bonchev–Trinajstić information content (AvgIpc) is 3.52. The number of aryl methyl sites for hydroxylation is 1. The molecule has 10 nitrogen and oxygen atoms in total. The highest BCUT2D eigenvalue weighted by molar-refractivity contribution is 7.11. The first-order chi connectivity index (χ1) is 17.5. The fourth-order valence-electron chi connectivity index (χ4n) is 3.90. The van der Waals surface area contributed by atoms with Crippen molar-refractivity contribution < 1.29 is 9.53 Å². The summed E-state index contributed by atoms with van der Waals surface area (Å²) in [5.74, 6) is 1.73. The van der Waals surface area contributed by atoms with Crippen LogP contribution in [0.1, 0.15) is 16.4 Å². The van der Waals surface area contributed by atoms with Crippen molar-refractivity contribution in [3.8, 4) is 5.75 Å². The molecule has 0 aliphatic carbocycles. The molecule has 1 aliphatic heterocycles. The number of rotatable bonds is 8. The molecule has 184 valence electrons. The molecule has 0 radical (unpaired) electrons. The Hall–Kier alpha value is -3.83. The Morgan fingerprint density at radius 2 is 2.19 bits per heavy atom. The van der Waals surface area contributed by atoms with E-state index in [1.165, 1.54) is 23.7 Å². The first-order valence-corrected chi connectivity index (χ1v) is 12.5. The molecule has 1 fully saturated rings. The van der Waals surface area contributed by atoms with Crippen LogP contribution in [-0.2, 0) is 11.4 Å². The molecule has 1 atom stereocenters. The van der Waals surface area contributed by atoms with Gasteiger partial charge in [-0.1, -0.05) is 29.5 Å². The number of halogens is 1. The summed E-state index contributed by atoms with van der Waals surface area (Å²) in [7, 11) is 0. The van der Waals surface area contributed by atoms with Crippen molar-refractivity contribution >= 4 is 57.2 Å². The molecule has 1 aromatic carbocycles. The molecule has 0 bridgehead atoms. The number of carbonyl (C=O) groups excluding carboxylic acids is 1. The maximum absolute atomic E-state index is 11.9. The van der Waals surface area contributed by atoms with Crippen molar-refractivity contribution in [1.29, 1.82) is 0 Å². The van der Waals surface area contributed by atoms with E-state index in [0.717, 1.165) is 22.1 Å². The van der Waals surface area contributed by atoms with E-state index in [2.05, 4.69) is 37.4 Å². The van der Waals surface area contributed by atoms with Crippen LogP contribution < -0.4 is 15.4 Å². The monoisotopic (exact) mass is 522 g/mol. The second-order valence-corrected chi connectivity index (χ2v) is 9.85. The van der Waals surface area contributed by atoms with E-state index in [0.29, 0.717) is 53.1 Å². The van der Waals surface area contributed by atoms with Crippen molar-refractivity contribution in [2.45, 2.75) is 26.0 Å². The third-order valence-corrected chi connectivity index (χ3v) is 6.73. The number of pyridine rings is 1. The molecule has 4 heterocycles. The summed E-state index contributed by atoms with van der Waals surface area (Å²) in [4.78, 5) is 27.1. The van der Waals surface area contributed by atoms with Gasteiger partial charge in [-0.2, -0.15) is 0 Å². The number of benzene rings is 1. The van der Waals surface area contributed by atoms with E-state index >= 15 is 0 Å². The average molecular weight is 523 g/mol. The number of amides is 1. The van der Waals surface area contributed by atoms with E-state index in [1.807, 2.05) is 25.1 Å². The van der Waals surface area contributed by atoms with E-state index in [9.17, 15) is 4.79 Å². The highest BCUT2D eigenvalue weighted by Crippen LogP contribution is 2.31. The number of ether oxygens (including phenoxy) is 1. The summed E-state index contributed by atoms with van der Waals surface area (Å²) in [5.41, 5.74) is 2.04. The number of fused-ring (bicyclic) bond motifs is 1. The van der Waals surface area contributed by atoms with Gasteiger partial charge in [-0.15, -0.1) is 10.2 Å². The predicted molar refractivity (Wildman–Crippen MR) is 140 cm³/mol. The van der Waals surface area contributed by atoms with Crippen molar-refractivity contribution in [2.24, 2.45) is 0 Å². The molecule has 1 aliphatic rings. The minimum atomic E-state index is -0.0592. The molecule has 2 N–H and O–H groups in total. The molecular weight excluding hydrogens is 500 g/mol. The molecule has 5 rings (SSSR count). The lowest BCUT2D eigenvalue weighted by Gasteiger charge is -2.16. The van der Waals surface area contributed by atoms with Crippen LogP contribution in [-0.4, -0.2) is 55.1 Å². The van der Waals surface area contributed by atoms with Gasteiger partial charge in [0, 0.05) is 24.8 Å². The Balaban J connectivity index is 1.30. The maximum atomic E-state index is 11.9. The van der Waals surface area contributed by atoms with Crippen molar-refractivity contribution in [2.75, 3.05) is 23.7 Å². The predicted octanol–water partition coefficient (Wildman–Crippen LogP) is 4.36. The van der Waals surface area contributed by atoms with Crippen LogP contribution in [0, 0.1) is 6.92 Å². The topological polar surface area (TPSA) is 118 Å². The van der Waals surface area contributed by atoms with Crippen LogP contribution in [0.3, 0.4) is 0 Å². The number of aromatic nitrogens is 5. The van der Waals surface area contributed by atoms with Gasteiger partial charge in [0.25, 0.3) is 0 Å². The second kappa shape index (κ2) is 10.4. The van der Waals surface area contributed by atoms with Crippen LogP contribution in [0.25, 0.3) is 11.0 Å². The van der Waals surface area contributed by atoms with Gasteiger partial charge in [0.1, 0.15) is 35.0 Å². The Labute approximate surface area is 216 Å². The molecule has 1 amide bonds. The number of nitrogens with one attached hydrogen (secondary N) is 2. The molecule has 36 heavy (non-hydrogen) atoms. The minimum absolute atomic E-state index is 0.0592. The first-order valence-electron chi connectivity index (χ1n) is 11.3. The fourth-order valence-corrected chi connectivity index (χ4v) is 4.75. The normalized spacial score (nSPS) is 15.2. The summed E-state index contributed by atoms with van der Waals surface area (Å²) >= 11 is 7.94. The van der Waals surface area contributed by atoms with Gasteiger partial charge in [0.05, 0.1) is 10.5 Å². The van der Waals surface area contributed by atoms with Gasteiger partial charge >= 0.3 is 0 Å². The van der Waals surface area contributed by atoms with Gasteiger partial charge in [-0.3, -0.25) is 4.79 Å². The number of nitrogens with zero attached hydrogens (tertiary/aromatic N) is 6. The largest absolute Gasteiger partial charge is 0.485 e. The Bertz CT molecular complexity index is 1430. The lowest BCUT2D eigenvalue weighted by Crippen LogP contribution is -2.30. The molecule has 3 aromatic heterocycles. The zero-order valence-corrected chi connectivity index (χ0v) is 21.0. The smallest absolute Gasteiger partial charge is 0.246 e. The Kier molecular flexibility index (Phi) is 6.92. The number of likely N-dealkylation sites (tertiary alicyclic amines) is 1. The number of hydrogen-bond donors (Lipinski definition) is 2. The van der Waals surface area contributed by atoms with Crippen LogP contribution in [0.2, 0.25) is 5.02 Å². The minimum Gasteiger partial charge on any atom is -0.485 e. The molecule has 0 unspecified atom stereocenters. The van der Waals surface area contributed by atoms with Gasteiger partial charge < -0.3 is 20.3 Å². The molecule has 4 aromatic rings. The molecular formula is C24H23ClN8O2S. The number of hydrogen-bond acceptors (Lipinski definition) is 10.